The minimum Gasteiger partial charge on any atom is -0.461 e. The molecule has 0 bridgehead atoms. The first kappa shape index (κ1) is 21.9. The molecule has 3 N–H and O–H groups in total. The SMILES string of the molecule is C[C@@H](OC(C)(C)C)C(NCc1cccc(B(O)O)c1)C(=O)OC1CCCC1. The highest BCUT2D eigenvalue weighted by Gasteiger charge is 2.32. The molecule has 6 nitrogen and oxygen atoms in total. The van der Waals surface area contributed by atoms with Crippen LogP contribution in [-0.2, 0) is 20.8 Å². The lowest BCUT2D eigenvalue weighted by atomic mass is 9.79. The molecule has 0 spiro atoms. The molecule has 7 heteroatoms. The first-order valence-corrected chi connectivity index (χ1v) is 9.72. The quantitative estimate of drug-likeness (QED) is 0.470. The van der Waals surface area contributed by atoms with Gasteiger partial charge in [0.1, 0.15) is 12.1 Å². The molecule has 1 aromatic rings. The minimum atomic E-state index is -1.52. The van der Waals surface area contributed by atoms with Gasteiger partial charge in [-0.25, -0.2) is 0 Å². The largest absolute Gasteiger partial charge is 0.488 e. The molecule has 0 aliphatic heterocycles. The summed E-state index contributed by atoms with van der Waals surface area (Å²) in [5, 5.41) is 21.9. The van der Waals surface area contributed by atoms with Crippen molar-refractivity contribution in [3.05, 3.63) is 29.8 Å². The molecule has 1 saturated carbocycles. The van der Waals surface area contributed by atoms with Crippen LogP contribution in [0, 0.1) is 0 Å². The molecular weight excluding hydrogens is 345 g/mol. The summed E-state index contributed by atoms with van der Waals surface area (Å²) in [7, 11) is -1.52. The third kappa shape index (κ3) is 7.26. The second-order valence-corrected chi connectivity index (χ2v) is 8.26. The fourth-order valence-electron chi connectivity index (χ4n) is 3.40. The van der Waals surface area contributed by atoms with Gasteiger partial charge in [-0.1, -0.05) is 24.3 Å². The van der Waals surface area contributed by atoms with Gasteiger partial charge in [0.25, 0.3) is 0 Å². The number of nitrogens with one attached hydrogen (secondary N) is 1. The highest BCUT2D eigenvalue weighted by Crippen LogP contribution is 2.22. The second kappa shape index (κ2) is 9.69. The van der Waals surface area contributed by atoms with Gasteiger partial charge in [0.15, 0.2) is 0 Å². The molecular formula is C20H32BNO5. The third-order valence-corrected chi connectivity index (χ3v) is 4.62. The number of hydrogen-bond donors (Lipinski definition) is 3. The van der Waals surface area contributed by atoms with E-state index in [1.807, 2.05) is 33.8 Å². The zero-order valence-corrected chi connectivity index (χ0v) is 16.8. The molecule has 1 aliphatic rings. The minimum absolute atomic E-state index is 0.00324. The predicted octanol–water partition coefficient (Wildman–Crippen LogP) is 1.51. The summed E-state index contributed by atoms with van der Waals surface area (Å²) < 4.78 is 11.7. The summed E-state index contributed by atoms with van der Waals surface area (Å²) in [6.45, 7) is 8.12. The van der Waals surface area contributed by atoms with Gasteiger partial charge >= 0.3 is 13.1 Å². The number of rotatable bonds is 8. The fraction of sp³-hybridized carbons (Fsp3) is 0.650. The van der Waals surface area contributed by atoms with E-state index in [2.05, 4.69) is 5.32 Å². The zero-order valence-electron chi connectivity index (χ0n) is 16.8. The Morgan fingerprint density at radius 1 is 1.30 bits per heavy atom. The summed E-state index contributed by atoms with van der Waals surface area (Å²) in [4.78, 5) is 12.8. The second-order valence-electron chi connectivity index (χ2n) is 8.26. The molecule has 0 saturated heterocycles. The molecule has 150 valence electrons. The van der Waals surface area contributed by atoms with E-state index in [0.717, 1.165) is 31.2 Å². The summed E-state index contributed by atoms with van der Waals surface area (Å²) in [5.41, 5.74) is 0.883. The van der Waals surface area contributed by atoms with Crippen LogP contribution in [0.5, 0.6) is 0 Å². The van der Waals surface area contributed by atoms with E-state index in [4.69, 9.17) is 9.47 Å². The van der Waals surface area contributed by atoms with Crippen molar-refractivity contribution >= 4 is 18.6 Å². The molecule has 1 unspecified atom stereocenters. The van der Waals surface area contributed by atoms with Gasteiger partial charge in [0.2, 0.25) is 0 Å². The topological polar surface area (TPSA) is 88.0 Å². The summed E-state index contributed by atoms with van der Waals surface area (Å²) >= 11 is 0. The Hall–Kier alpha value is -1.41. The normalized spacial score (nSPS) is 17.6. The van der Waals surface area contributed by atoms with Crippen molar-refractivity contribution in [1.29, 1.82) is 0 Å². The molecule has 1 fully saturated rings. The maximum atomic E-state index is 12.8. The smallest absolute Gasteiger partial charge is 0.461 e. The lowest BCUT2D eigenvalue weighted by Gasteiger charge is -2.31. The van der Waals surface area contributed by atoms with E-state index in [1.54, 1.807) is 18.2 Å². The van der Waals surface area contributed by atoms with Crippen LogP contribution in [0.4, 0.5) is 0 Å². The average molecular weight is 377 g/mol. The van der Waals surface area contributed by atoms with Crippen LogP contribution in [-0.4, -0.2) is 47.0 Å². The lowest BCUT2D eigenvalue weighted by molar-refractivity contribution is -0.159. The van der Waals surface area contributed by atoms with Crippen molar-refractivity contribution in [2.75, 3.05) is 0 Å². The Labute approximate surface area is 162 Å². The van der Waals surface area contributed by atoms with Crippen LogP contribution in [0.3, 0.4) is 0 Å². The number of benzene rings is 1. The van der Waals surface area contributed by atoms with E-state index >= 15 is 0 Å². The van der Waals surface area contributed by atoms with Gasteiger partial charge in [0, 0.05) is 6.54 Å². The van der Waals surface area contributed by atoms with Crippen molar-refractivity contribution in [2.45, 2.75) is 83.8 Å². The molecule has 1 aromatic carbocycles. The first-order valence-electron chi connectivity index (χ1n) is 9.72. The number of ether oxygens (including phenoxy) is 2. The van der Waals surface area contributed by atoms with E-state index in [9.17, 15) is 14.8 Å². The molecule has 0 radical (unpaired) electrons. The summed E-state index contributed by atoms with van der Waals surface area (Å²) in [6, 6.07) is 6.37. The number of esters is 1. The molecule has 2 rings (SSSR count). The maximum Gasteiger partial charge on any atom is 0.488 e. The van der Waals surface area contributed by atoms with Crippen molar-refractivity contribution in [2.24, 2.45) is 0 Å². The molecule has 2 atom stereocenters. The Bertz CT molecular complexity index is 611. The fourth-order valence-corrected chi connectivity index (χ4v) is 3.40. The van der Waals surface area contributed by atoms with E-state index in [0.29, 0.717) is 12.0 Å². The van der Waals surface area contributed by atoms with Gasteiger partial charge in [-0.3, -0.25) is 10.1 Å². The van der Waals surface area contributed by atoms with Crippen LogP contribution < -0.4 is 10.8 Å². The zero-order chi connectivity index (χ0) is 20.0. The lowest BCUT2D eigenvalue weighted by Crippen LogP contribution is -2.49. The Morgan fingerprint density at radius 3 is 2.56 bits per heavy atom. The molecule has 0 amide bonds. The summed E-state index contributed by atoms with van der Waals surface area (Å²) in [6.07, 6.45) is 3.66. The van der Waals surface area contributed by atoms with Gasteiger partial charge in [0.05, 0.1) is 11.7 Å². The van der Waals surface area contributed by atoms with Crippen LogP contribution in [0.25, 0.3) is 0 Å². The number of carbonyl (C=O) groups is 1. The Kier molecular flexibility index (Phi) is 7.85. The predicted molar refractivity (Wildman–Crippen MR) is 106 cm³/mol. The van der Waals surface area contributed by atoms with Crippen LogP contribution in [0.2, 0.25) is 0 Å². The van der Waals surface area contributed by atoms with Crippen molar-refractivity contribution in [1.82, 2.24) is 5.32 Å². The van der Waals surface area contributed by atoms with Crippen LogP contribution >= 0.6 is 0 Å². The van der Waals surface area contributed by atoms with E-state index in [1.165, 1.54) is 0 Å². The van der Waals surface area contributed by atoms with E-state index in [-0.39, 0.29) is 23.8 Å². The van der Waals surface area contributed by atoms with Gasteiger partial charge in [-0.2, -0.15) is 0 Å². The van der Waals surface area contributed by atoms with Gasteiger partial charge < -0.3 is 19.5 Å². The monoisotopic (exact) mass is 377 g/mol. The third-order valence-electron chi connectivity index (χ3n) is 4.62. The van der Waals surface area contributed by atoms with Crippen LogP contribution in [0.15, 0.2) is 24.3 Å². The average Bonchev–Trinajstić information content (AvgIpc) is 3.06. The Morgan fingerprint density at radius 2 is 1.96 bits per heavy atom. The standard InChI is InChI=1S/C20H32BNO5/c1-14(27-20(2,3)4)18(19(23)26-17-10-5-6-11-17)22-13-15-8-7-9-16(12-15)21(24)25/h7-9,12,14,17-18,22,24-25H,5-6,10-11,13H2,1-4H3/t14-,18?/m1/s1. The Balaban J connectivity index is 2.06. The first-order chi connectivity index (χ1) is 12.7. The van der Waals surface area contributed by atoms with Crippen molar-refractivity contribution in [3.8, 4) is 0 Å². The van der Waals surface area contributed by atoms with Gasteiger partial charge in [-0.15, -0.1) is 0 Å². The maximum absolute atomic E-state index is 12.8. The molecule has 1 aliphatic carbocycles. The summed E-state index contributed by atoms with van der Waals surface area (Å²) in [5.74, 6) is -0.294. The molecule has 0 heterocycles. The highest BCUT2D eigenvalue weighted by atomic mass is 16.6. The van der Waals surface area contributed by atoms with Crippen molar-refractivity contribution < 1.29 is 24.3 Å². The van der Waals surface area contributed by atoms with Crippen molar-refractivity contribution in [3.63, 3.8) is 0 Å². The van der Waals surface area contributed by atoms with E-state index < -0.39 is 13.2 Å². The molecule has 0 aromatic heterocycles. The van der Waals surface area contributed by atoms with Crippen LogP contribution in [0.1, 0.15) is 58.9 Å². The molecule has 27 heavy (non-hydrogen) atoms. The number of carbonyl (C=O) groups excluding carboxylic acids is 1. The van der Waals surface area contributed by atoms with Gasteiger partial charge in [-0.05, 0) is 64.4 Å². The highest BCUT2D eigenvalue weighted by molar-refractivity contribution is 6.58. The number of hydrogen-bond acceptors (Lipinski definition) is 6.